The van der Waals surface area contributed by atoms with Gasteiger partial charge in [0.1, 0.15) is 17.4 Å². The van der Waals surface area contributed by atoms with Crippen molar-refractivity contribution in [2.24, 2.45) is 0 Å². The number of ether oxygens (including phenoxy) is 1. The summed E-state index contributed by atoms with van der Waals surface area (Å²) in [6.45, 7) is 7.55. The smallest absolute Gasteiger partial charge is 0.232 e. The quantitative estimate of drug-likeness (QED) is 0.266. The second-order valence-electron chi connectivity index (χ2n) is 7.94. The number of nitrogens with zero attached hydrogens (tertiary/aromatic N) is 3. The number of aryl methyl sites for hydroxylation is 2. The molecule has 0 atom stereocenters. The average Bonchev–Trinajstić information content (AvgIpc) is 3.29. The lowest BCUT2D eigenvalue weighted by molar-refractivity contribution is 0.0933. The van der Waals surface area contributed by atoms with Gasteiger partial charge in [-0.25, -0.2) is 5.06 Å². The fraction of sp³-hybridized carbons (Fsp3) is 0.308. The first kappa shape index (κ1) is 22.2. The Morgan fingerprint density at radius 1 is 0.938 bits per heavy atom. The molecule has 3 aromatic carbocycles. The van der Waals surface area contributed by atoms with Crippen LogP contribution < -0.4 is 9.80 Å². The van der Waals surface area contributed by atoms with Crippen LogP contribution in [0.2, 0.25) is 0 Å². The number of unbranched alkanes of at least 4 members (excludes halogenated alkanes) is 1. The molecule has 0 bridgehead atoms. The van der Waals surface area contributed by atoms with Crippen molar-refractivity contribution in [3.8, 4) is 16.3 Å². The van der Waals surface area contributed by atoms with E-state index in [1.807, 2.05) is 5.06 Å². The minimum absolute atomic E-state index is 0.490. The fourth-order valence-corrected chi connectivity index (χ4v) is 4.64. The highest BCUT2D eigenvalue weighted by Crippen LogP contribution is 2.34. The van der Waals surface area contributed by atoms with Crippen molar-refractivity contribution in [1.29, 1.82) is 0 Å². The first-order valence-electron chi connectivity index (χ1n) is 11.0. The number of anilines is 1. The Bertz CT molecular complexity index is 1180. The van der Waals surface area contributed by atoms with E-state index in [0.29, 0.717) is 6.61 Å². The van der Waals surface area contributed by atoms with Gasteiger partial charge < -0.3 is 4.74 Å². The molecule has 0 aliphatic heterocycles. The van der Waals surface area contributed by atoms with E-state index >= 15 is 0 Å². The molecule has 4 rings (SSSR count). The molecule has 4 aromatic rings. The molecule has 1 aromatic heterocycles. The monoisotopic (exact) mass is 447 g/mol. The lowest BCUT2D eigenvalue weighted by Crippen LogP contribution is -2.24. The van der Waals surface area contributed by atoms with E-state index in [1.165, 1.54) is 10.8 Å². The van der Waals surface area contributed by atoms with Gasteiger partial charge in [-0.2, -0.15) is 0 Å². The Kier molecular flexibility index (Phi) is 7.02. The van der Waals surface area contributed by atoms with Crippen LogP contribution in [0, 0.1) is 13.8 Å². The molecule has 5 nitrogen and oxygen atoms in total. The maximum Gasteiger partial charge on any atom is 0.232 e. The zero-order chi connectivity index (χ0) is 22.5. The molecule has 0 amide bonds. The molecular weight excluding hydrogens is 418 g/mol. The van der Waals surface area contributed by atoms with Gasteiger partial charge in [0.2, 0.25) is 5.13 Å². The van der Waals surface area contributed by atoms with Crippen LogP contribution in [0.1, 0.15) is 36.5 Å². The van der Waals surface area contributed by atoms with E-state index in [1.54, 1.807) is 18.4 Å². The minimum atomic E-state index is 0.490. The van der Waals surface area contributed by atoms with Crippen molar-refractivity contribution in [3.05, 3.63) is 71.3 Å². The molecule has 6 heteroatoms. The van der Waals surface area contributed by atoms with E-state index < -0.39 is 0 Å². The Labute approximate surface area is 193 Å². The van der Waals surface area contributed by atoms with Crippen LogP contribution in [-0.4, -0.2) is 23.9 Å². The van der Waals surface area contributed by atoms with E-state index in [-0.39, 0.29) is 0 Å². The normalized spacial score (nSPS) is 11.1. The summed E-state index contributed by atoms with van der Waals surface area (Å²) in [6, 6.07) is 19.0. The molecule has 32 heavy (non-hydrogen) atoms. The Morgan fingerprint density at radius 3 is 2.41 bits per heavy atom. The third kappa shape index (κ3) is 4.92. The number of hydrogen-bond acceptors (Lipinski definition) is 6. The summed E-state index contributed by atoms with van der Waals surface area (Å²) in [6.07, 6.45) is 2.10. The van der Waals surface area contributed by atoms with Crippen molar-refractivity contribution in [2.75, 3.05) is 18.7 Å². The summed E-state index contributed by atoms with van der Waals surface area (Å²) in [5.41, 5.74) is 4.37. The van der Waals surface area contributed by atoms with E-state index in [2.05, 4.69) is 85.6 Å². The largest absolute Gasteiger partial charge is 0.496 e. The molecule has 0 unspecified atom stereocenters. The SMILES string of the molecule is CCCCN(OCc1ccc2ccccc2c1)c1nnc(-c2cc(C)c(OC)c(C)c2)s1. The predicted molar refractivity (Wildman–Crippen MR) is 132 cm³/mol. The molecule has 0 radical (unpaired) electrons. The lowest BCUT2D eigenvalue weighted by atomic mass is 10.1. The van der Waals surface area contributed by atoms with Crippen molar-refractivity contribution >= 4 is 27.2 Å². The fourth-order valence-electron chi connectivity index (χ4n) is 3.83. The number of rotatable bonds is 9. The third-order valence-electron chi connectivity index (χ3n) is 5.45. The zero-order valence-corrected chi connectivity index (χ0v) is 19.9. The molecule has 0 spiro atoms. The van der Waals surface area contributed by atoms with Gasteiger partial charge in [0.05, 0.1) is 7.11 Å². The number of hydroxylamine groups is 1. The van der Waals surface area contributed by atoms with E-state index in [4.69, 9.17) is 9.57 Å². The maximum absolute atomic E-state index is 6.22. The Hall–Kier alpha value is -2.96. The first-order chi connectivity index (χ1) is 15.6. The van der Waals surface area contributed by atoms with Crippen LogP contribution in [0.25, 0.3) is 21.3 Å². The minimum Gasteiger partial charge on any atom is -0.496 e. The second-order valence-corrected chi connectivity index (χ2v) is 8.90. The summed E-state index contributed by atoms with van der Waals surface area (Å²) in [5, 5.41) is 14.9. The summed E-state index contributed by atoms with van der Waals surface area (Å²) in [4.78, 5) is 6.22. The molecule has 0 aliphatic carbocycles. The topological polar surface area (TPSA) is 47.5 Å². The van der Waals surface area contributed by atoms with Gasteiger partial charge >= 0.3 is 0 Å². The summed E-state index contributed by atoms with van der Waals surface area (Å²) in [5.74, 6) is 0.918. The standard InChI is InChI=1S/C26H29N3O2S/c1-5-6-13-29(31-17-20-11-12-21-9-7-8-10-22(21)16-20)26-28-27-25(32-26)23-14-18(2)24(30-4)19(3)15-23/h7-12,14-16H,5-6,13,17H2,1-4H3. The molecule has 0 aliphatic rings. The Morgan fingerprint density at radius 2 is 1.69 bits per heavy atom. The van der Waals surface area contributed by atoms with Gasteiger partial charge in [-0.15, -0.1) is 10.2 Å². The molecule has 0 fully saturated rings. The number of fused-ring (bicyclic) bond motifs is 1. The highest BCUT2D eigenvalue weighted by molar-refractivity contribution is 7.18. The van der Waals surface area contributed by atoms with Crippen molar-refractivity contribution in [2.45, 2.75) is 40.2 Å². The third-order valence-corrected chi connectivity index (χ3v) is 6.43. The van der Waals surface area contributed by atoms with Gasteiger partial charge in [-0.05, 0) is 65.9 Å². The van der Waals surface area contributed by atoms with Gasteiger partial charge in [0.25, 0.3) is 0 Å². The van der Waals surface area contributed by atoms with Gasteiger partial charge in [-0.1, -0.05) is 61.1 Å². The van der Waals surface area contributed by atoms with Gasteiger partial charge in [0.15, 0.2) is 0 Å². The molecule has 1 heterocycles. The summed E-state index contributed by atoms with van der Waals surface area (Å²) < 4.78 is 5.49. The second kappa shape index (κ2) is 10.1. The van der Waals surface area contributed by atoms with Crippen LogP contribution in [-0.2, 0) is 11.4 Å². The van der Waals surface area contributed by atoms with Crippen LogP contribution in [0.3, 0.4) is 0 Å². The van der Waals surface area contributed by atoms with Crippen molar-refractivity contribution in [3.63, 3.8) is 0 Å². The predicted octanol–water partition coefficient (Wildman–Crippen LogP) is 6.72. The lowest BCUT2D eigenvalue weighted by Gasteiger charge is -2.20. The summed E-state index contributed by atoms with van der Waals surface area (Å²) in [7, 11) is 1.70. The summed E-state index contributed by atoms with van der Waals surface area (Å²) >= 11 is 1.55. The highest BCUT2D eigenvalue weighted by Gasteiger charge is 2.16. The van der Waals surface area contributed by atoms with Crippen molar-refractivity contribution < 1.29 is 9.57 Å². The molecular formula is C26H29N3O2S. The van der Waals surface area contributed by atoms with Crippen molar-refractivity contribution in [1.82, 2.24) is 10.2 Å². The molecule has 0 saturated carbocycles. The number of benzene rings is 3. The Balaban J connectivity index is 1.53. The number of methoxy groups -OCH3 is 1. The highest BCUT2D eigenvalue weighted by atomic mass is 32.1. The van der Waals surface area contributed by atoms with E-state index in [9.17, 15) is 0 Å². The van der Waals surface area contributed by atoms with Crippen LogP contribution in [0.5, 0.6) is 5.75 Å². The van der Waals surface area contributed by atoms with Gasteiger partial charge in [0, 0.05) is 12.1 Å². The average molecular weight is 448 g/mol. The van der Waals surface area contributed by atoms with Crippen LogP contribution in [0.4, 0.5) is 5.13 Å². The molecule has 0 saturated heterocycles. The number of aromatic nitrogens is 2. The zero-order valence-electron chi connectivity index (χ0n) is 19.1. The molecule has 0 N–H and O–H groups in total. The first-order valence-corrected chi connectivity index (χ1v) is 11.8. The number of hydrogen-bond donors (Lipinski definition) is 0. The van der Waals surface area contributed by atoms with E-state index in [0.717, 1.165) is 57.5 Å². The van der Waals surface area contributed by atoms with Crippen LogP contribution >= 0.6 is 11.3 Å². The van der Waals surface area contributed by atoms with Crippen LogP contribution in [0.15, 0.2) is 54.6 Å². The van der Waals surface area contributed by atoms with Gasteiger partial charge in [-0.3, -0.25) is 4.84 Å². The maximum atomic E-state index is 6.22. The molecule has 166 valence electrons.